The Kier molecular flexibility index (Phi) is 6.76. The van der Waals surface area contributed by atoms with Gasteiger partial charge in [-0.1, -0.05) is 109 Å². The average Bonchev–Trinajstić information content (AvgIpc) is 4.16. The van der Waals surface area contributed by atoms with Crippen molar-refractivity contribution in [1.82, 2.24) is 0 Å². The molecule has 2 aliphatic heterocycles. The van der Waals surface area contributed by atoms with Crippen molar-refractivity contribution in [1.29, 1.82) is 0 Å². The van der Waals surface area contributed by atoms with Crippen molar-refractivity contribution in [2.75, 3.05) is 9.80 Å². The van der Waals surface area contributed by atoms with E-state index in [2.05, 4.69) is 180 Å². The Morgan fingerprint density at radius 3 is 0.967 bits per heavy atom. The van der Waals surface area contributed by atoms with Gasteiger partial charge >= 0.3 is 0 Å². The fourth-order valence-corrected chi connectivity index (χ4v) is 10.5. The Morgan fingerprint density at radius 2 is 0.633 bits per heavy atom. The van der Waals surface area contributed by atoms with Gasteiger partial charge < -0.3 is 27.5 Å². The van der Waals surface area contributed by atoms with Crippen LogP contribution in [0.15, 0.2) is 224 Å². The minimum absolute atomic E-state index is 0.640. The molecule has 13 rings (SSSR count). The summed E-state index contributed by atoms with van der Waals surface area (Å²) in [5.74, 6) is 4.18. The Morgan fingerprint density at radius 1 is 0.300 bits per heavy atom. The Bertz CT molecular complexity index is 2870. The van der Waals surface area contributed by atoms with E-state index < -0.39 is 10.8 Å². The number of benzene rings is 6. The zero-order chi connectivity index (χ0) is 39.4. The molecular formula is C54H34N2O4. The molecule has 0 saturated carbocycles. The number of rotatable bonds is 4. The van der Waals surface area contributed by atoms with Gasteiger partial charge in [0.05, 0.1) is 35.3 Å². The van der Waals surface area contributed by atoms with Crippen LogP contribution in [0.1, 0.15) is 44.9 Å². The maximum atomic E-state index is 7.53. The highest BCUT2D eigenvalue weighted by molar-refractivity contribution is 5.95. The topological polar surface area (TPSA) is 59.0 Å². The molecule has 4 aromatic heterocycles. The molecule has 0 unspecified atom stereocenters. The molecule has 0 N–H and O–H groups in total. The van der Waals surface area contributed by atoms with Crippen LogP contribution in [0.2, 0.25) is 0 Å². The summed E-state index contributed by atoms with van der Waals surface area (Å²) in [5, 5.41) is 0. The summed E-state index contributed by atoms with van der Waals surface area (Å²) in [6.45, 7) is 0. The summed E-state index contributed by atoms with van der Waals surface area (Å²) in [7, 11) is 0. The highest BCUT2D eigenvalue weighted by Gasteiger charge is 2.63. The number of hydrogen-bond donors (Lipinski definition) is 0. The SMILES string of the molecule is c1ccc(N2c3ccccc3C3(c4ccccc42)c2cc(-c4ccco4)oc2C2(c4ccccc4N(c4ccccc4)c4ccccc42)c2cc(-c4ccco4)oc23)cc1. The quantitative estimate of drug-likeness (QED) is 0.177. The zero-order valence-electron chi connectivity index (χ0n) is 32.2. The van der Waals surface area contributed by atoms with Gasteiger partial charge in [0.25, 0.3) is 0 Å². The first-order valence-electron chi connectivity index (χ1n) is 20.2. The highest BCUT2D eigenvalue weighted by Crippen LogP contribution is 2.69. The molecule has 0 amide bonds. The molecule has 6 heteroatoms. The summed E-state index contributed by atoms with van der Waals surface area (Å²) < 4.78 is 27.4. The lowest BCUT2D eigenvalue weighted by Gasteiger charge is -2.52. The molecule has 6 nitrogen and oxygen atoms in total. The number of para-hydroxylation sites is 6. The van der Waals surface area contributed by atoms with E-state index in [4.69, 9.17) is 17.7 Å². The van der Waals surface area contributed by atoms with Gasteiger partial charge in [-0.05, 0) is 107 Å². The Balaban J connectivity index is 1.23. The molecule has 0 fully saturated rings. The summed E-state index contributed by atoms with van der Waals surface area (Å²) in [6, 6.07) is 68.2. The summed E-state index contributed by atoms with van der Waals surface area (Å²) in [5.41, 5.74) is 10.6. The van der Waals surface area contributed by atoms with E-state index in [-0.39, 0.29) is 0 Å². The van der Waals surface area contributed by atoms with Crippen LogP contribution in [0.25, 0.3) is 23.0 Å². The molecule has 60 heavy (non-hydrogen) atoms. The first kappa shape index (κ1) is 33.1. The lowest BCUT2D eigenvalue weighted by Crippen LogP contribution is -2.48. The monoisotopic (exact) mass is 774 g/mol. The van der Waals surface area contributed by atoms with Crippen molar-refractivity contribution in [3.63, 3.8) is 0 Å². The van der Waals surface area contributed by atoms with E-state index in [0.29, 0.717) is 23.0 Å². The van der Waals surface area contributed by atoms with Crippen molar-refractivity contribution in [3.8, 4) is 23.0 Å². The largest absolute Gasteiger partial charge is 0.461 e. The Hall–Kier alpha value is -7.96. The first-order valence-corrected chi connectivity index (χ1v) is 20.2. The lowest BCUT2D eigenvalue weighted by molar-refractivity contribution is 0.393. The molecule has 0 radical (unpaired) electrons. The minimum atomic E-state index is -0.992. The molecule has 1 aliphatic carbocycles. The summed E-state index contributed by atoms with van der Waals surface area (Å²) in [6.07, 6.45) is 3.40. The molecule has 6 heterocycles. The van der Waals surface area contributed by atoms with Gasteiger partial charge in [-0.3, -0.25) is 0 Å². The van der Waals surface area contributed by atoms with E-state index >= 15 is 0 Å². The van der Waals surface area contributed by atoms with Crippen molar-refractivity contribution in [3.05, 3.63) is 252 Å². The fourth-order valence-electron chi connectivity index (χ4n) is 10.5. The van der Waals surface area contributed by atoms with Gasteiger partial charge in [-0.2, -0.15) is 0 Å². The molecule has 3 aliphatic rings. The highest BCUT2D eigenvalue weighted by atomic mass is 16.4. The van der Waals surface area contributed by atoms with Crippen molar-refractivity contribution < 1.29 is 17.7 Å². The molecule has 0 saturated heterocycles. The fraction of sp³-hybridized carbons (Fsp3) is 0.0370. The third-order valence-electron chi connectivity index (χ3n) is 12.7. The third-order valence-corrected chi connectivity index (χ3v) is 12.7. The molecular weight excluding hydrogens is 741 g/mol. The van der Waals surface area contributed by atoms with E-state index in [1.807, 2.05) is 24.3 Å². The second kappa shape index (κ2) is 12.3. The molecule has 10 aromatic rings. The van der Waals surface area contributed by atoms with E-state index in [1.54, 1.807) is 12.5 Å². The van der Waals surface area contributed by atoms with E-state index in [0.717, 1.165) is 79.0 Å². The number of hydrogen-bond acceptors (Lipinski definition) is 6. The number of nitrogens with zero attached hydrogens (tertiary/aromatic N) is 2. The van der Waals surface area contributed by atoms with Gasteiger partial charge in [-0.15, -0.1) is 0 Å². The average molecular weight is 775 g/mol. The van der Waals surface area contributed by atoms with Gasteiger partial charge in [-0.25, -0.2) is 0 Å². The van der Waals surface area contributed by atoms with E-state index in [1.165, 1.54) is 0 Å². The van der Waals surface area contributed by atoms with Gasteiger partial charge in [0, 0.05) is 22.5 Å². The molecule has 0 bridgehead atoms. The number of furan rings is 4. The van der Waals surface area contributed by atoms with Gasteiger partial charge in [0.2, 0.25) is 0 Å². The zero-order valence-corrected chi connectivity index (χ0v) is 32.2. The predicted molar refractivity (Wildman–Crippen MR) is 233 cm³/mol. The lowest BCUT2D eigenvalue weighted by atomic mass is 9.53. The molecule has 284 valence electrons. The van der Waals surface area contributed by atoms with Crippen LogP contribution in [0.3, 0.4) is 0 Å². The van der Waals surface area contributed by atoms with Crippen LogP contribution in [0.5, 0.6) is 0 Å². The smallest absolute Gasteiger partial charge is 0.169 e. The molecule has 0 atom stereocenters. The van der Waals surface area contributed by atoms with Crippen LogP contribution in [0, 0.1) is 0 Å². The third kappa shape index (κ3) is 4.16. The molecule has 6 aromatic carbocycles. The number of anilines is 6. The van der Waals surface area contributed by atoms with Gasteiger partial charge in [0.1, 0.15) is 22.4 Å². The van der Waals surface area contributed by atoms with Crippen LogP contribution in [-0.2, 0) is 10.8 Å². The normalized spacial score (nSPS) is 14.9. The van der Waals surface area contributed by atoms with Crippen LogP contribution in [-0.4, -0.2) is 0 Å². The standard InChI is InChI=1S/C54H34N2O4/c1-3-17-35(18-4-1)55-43-25-11-7-21-37(43)53(38-22-8-12-26-44(38)55)41-33-49(47-29-15-31-57-47)60-52(41)54(42-34-50(59-51(42)53)48-30-16-32-58-48)39-23-9-13-27-45(39)56(36-19-5-2-6-20-36)46-28-14-10-24-40(46)54/h1-34H. The first-order chi connectivity index (χ1) is 29.8. The summed E-state index contributed by atoms with van der Waals surface area (Å²) >= 11 is 0. The van der Waals surface area contributed by atoms with E-state index in [9.17, 15) is 0 Å². The minimum Gasteiger partial charge on any atom is -0.461 e. The second-order valence-corrected chi connectivity index (χ2v) is 15.6. The van der Waals surface area contributed by atoms with Crippen molar-refractivity contribution >= 4 is 34.1 Å². The van der Waals surface area contributed by atoms with Crippen molar-refractivity contribution in [2.45, 2.75) is 10.8 Å². The van der Waals surface area contributed by atoms with Crippen molar-refractivity contribution in [2.24, 2.45) is 0 Å². The predicted octanol–water partition coefficient (Wildman–Crippen LogP) is 14.0. The maximum Gasteiger partial charge on any atom is 0.169 e. The second-order valence-electron chi connectivity index (χ2n) is 15.6. The summed E-state index contributed by atoms with van der Waals surface area (Å²) in [4.78, 5) is 4.74. The molecule has 2 spiro atoms. The van der Waals surface area contributed by atoms with Crippen LogP contribution in [0.4, 0.5) is 34.1 Å². The Labute approximate surface area is 345 Å². The van der Waals surface area contributed by atoms with Crippen LogP contribution >= 0.6 is 0 Å². The van der Waals surface area contributed by atoms with Crippen LogP contribution < -0.4 is 9.80 Å². The maximum absolute atomic E-state index is 7.53. The number of fused-ring (bicyclic) bond motifs is 14. The van der Waals surface area contributed by atoms with Gasteiger partial charge in [0.15, 0.2) is 23.0 Å².